The lowest BCUT2D eigenvalue weighted by Crippen LogP contribution is -2.38. The molecule has 9 heteroatoms. The van der Waals surface area contributed by atoms with Crippen LogP contribution in [0.1, 0.15) is 17.8 Å². The molecule has 3 rings (SSSR count). The van der Waals surface area contributed by atoms with Crippen molar-refractivity contribution in [1.82, 2.24) is 18.8 Å². The predicted molar refractivity (Wildman–Crippen MR) is 98.0 cm³/mol. The van der Waals surface area contributed by atoms with Gasteiger partial charge in [0.15, 0.2) is 5.03 Å². The van der Waals surface area contributed by atoms with E-state index in [1.165, 1.54) is 16.6 Å². The van der Waals surface area contributed by atoms with Gasteiger partial charge in [-0.3, -0.25) is 4.79 Å². The molecule has 0 spiro atoms. The number of carbonyl (C=O) groups is 1. The van der Waals surface area contributed by atoms with E-state index in [0.29, 0.717) is 30.9 Å². The molecule has 1 saturated heterocycles. The standard InChI is InChI=1S/C18H23FN4O3S/c1-14-20-17(13-21(14)2)27(25,26)23-9-5-8-22(10-11-23)18(24)12-15-6-3-4-7-16(15)19/h3-4,6-7,13H,5,8-12H2,1-2H3. The number of hydrogen-bond acceptors (Lipinski definition) is 4. The molecule has 27 heavy (non-hydrogen) atoms. The van der Waals surface area contributed by atoms with E-state index >= 15 is 0 Å². The van der Waals surface area contributed by atoms with Crippen LogP contribution in [-0.2, 0) is 28.3 Å². The summed E-state index contributed by atoms with van der Waals surface area (Å²) in [6.07, 6.45) is 1.99. The lowest BCUT2D eigenvalue weighted by Gasteiger charge is -2.21. The van der Waals surface area contributed by atoms with Gasteiger partial charge < -0.3 is 9.47 Å². The fraction of sp³-hybridized carbons (Fsp3) is 0.444. The molecule has 0 atom stereocenters. The average molecular weight is 394 g/mol. The largest absolute Gasteiger partial charge is 0.341 e. The predicted octanol–water partition coefficient (Wildman–Crippen LogP) is 1.33. The molecule has 1 aliphatic heterocycles. The van der Waals surface area contributed by atoms with Crippen LogP contribution in [0, 0.1) is 12.7 Å². The monoisotopic (exact) mass is 394 g/mol. The van der Waals surface area contributed by atoms with Gasteiger partial charge in [0.1, 0.15) is 11.6 Å². The molecule has 0 unspecified atom stereocenters. The van der Waals surface area contributed by atoms with E-state index in [1.807, 2.05) is 0 Å². The Labute approximate surface area is 158 Å². The lowest BCUT2D eigenvalue weighted by atomic mass is 10.1. The molecule has 0 aliphatic carbocycles. The van der Waals surface area contributed by atoms with Crippen LogP contribution in [-0.4, -0.2) is 59.3 Å². The summed E-state index contributed by atoms with van der Waals surface area (Å²) in [6.45, 7) is 2.98. The van der Waals surface area contributed by atoms with E-state index in [9.17, 15) is 17.6 Å². The summed E-state index contributed by atoms with van der Waals surface area (Å²) < 4.78 is 42.4. The Morgan fingerprint density at radius 1 is 1.19 bits per heavy atom. The first-order valence-corrected chi connectivity index (χ1v) is 10.2. The zero-order chi connectivity index (χ0) is 19.6. The summed E-state index contributed by atoms with van der Waals surface area (Å²) in [5.41, 5.74) is 0.347. The quantitative estimate of drug-likeness (QED) is 0.784. The number of amides is 1. The van der Waals surface area contributed by atoms with Gasteiger partial charge in [-0.1, -0.05) is 18.2 Å². The van der Waals surface area contributed by atoms with Gasteiger partial charge in [0.2, 0.25) is 5.91 Å². The number of nitrogens with zero attached hydrogens (tertiary/aromatic N) is 4. The Hall–Kier alpha value is -2.26. The molecule has 1 aromatic carbocycles. The molecule has 1 aromatic heterocycles. The number of aromatic nitrogens is 2. The summed E-state index contributed by atoms with van der Waals surface area (Å²) in [4.78, 5) is 18.2. The van der Waals surface area contributed by atoms with Crippen LogP contribution in [0.5, 0.6) is 0 Å². The summed E-state index contributed by atoms with van der Waals surface area (Å²) in [7, 11) is -1.96. The molecule has 0 radical (unpaired) electrons. The highest BCUT2D eigenvalue weighted by Gasteiger charge is 2.30. The number of benzene rings is 1. The first kappa shape index (κ1) is 19.5. The third-order valence-electron chi connectivity index (χ3n) is 4.80. The maximum Gasteiger partial charge on any atom is 0.262 e. The number of rotatable bonds is 4. The zero-order valence-electron chi connectivity index (χ0n) is 15.4. The van der Waals surface area contributed by atoms with Crippen LogP contribution in [0.3, 0.4) is 0 Å². The first-order valence-electron chi connectivity index (χ1n) is 8.80. The Morgan fingerprint density at radius 2 is 1.93 bits per heavy atom. The van der Waals surface area contributed by atoms with E-state index in [4.69, 9.17) is 0 Å². The van der Waals surface area contributed by atoms with E-state index in [0.717, 1.165) is 0 Å². The number of sulfonamides is 1. The summed E-state index contributed by atoms with van der Waals surface area (Å²) in [6, 6.07) is 6.19. The molecular weight excluding hydrogens is 371 g/mol. The minimum absolute atomic E-state index is 0.0219. The Morgan fingerprint density at radius 3 is 2.59 bits per heavy atom. The van der Waals surface area contributed by atoms with Crippen LogP contribution in [0.2, 0.25) is 0 Å². The maximum atomic E-state index is 13.8. The van der Waals surface area contributed by atoms with Gasteiger partial charge in [0.05, 0.1) is 6.42 Å². The second-order valence-electron chi connectivity index (χ2n) is 6.64. The molecule has 1 amide bonds. The number of imidazole rings is 1. The fourth-order valence-corrected chi connectivity index (χ4v) is 4.58. The Balaban J connectivity index is 1.68. The van der Waals surface area contributed by atoms with Crippen LogP contribution in [0.4, 0.5) is 4.39 Å². The topological polar surface area (TPSA) is 75.5 Å². The molecule has 2 heterocycles. The number of aryl methyl sites for hydroxylation is 2. The second kappa shape index (κ2) is 7.77. The highest BCUT2D eigenvalue weighted by Crippen LogP contribution is 2.18. The molecule has 7 nitrogen and oxygen atoms in total. The molecular formula is C18H23FN4O3S. The normalized spacial score (nSPS) is 16.3. The third-order valence-corrected chi connectivity index (χ3v) is 6.57. The molecule has 0 N–H and O–H groups in total. The minimum Gasteiger partial charge on any atom is -0.341 e. The van der Waals surface area contributed by atoms with Crippen molar-refractivity contribution in [3.8, 4) is 0 Å². The molecule has 0 saturated carbocycles. The van der Waals surface area contributed by atoms with Crippen molar-refractivity contribution in [2.24, 2.45) is 7.05 Å². The SMILES string of the molecule is Cc1nc(S(=O)(=O)N2CCCN(C(=O)Cc3ccccc3F)CC2)cn1C. The van der Waals surface area contributed by atoms with Crippen molar-refractivity contribution >= 4 is 15.9 Å². The fourth-order valence-electron chi connectivity index (χ4n) is 3.08. The Bertz CT molecular complexity index is 922. The van der Waals surface area contributed by atoms with Crippen molar-refractivity contribution in [2.75, 3.05) is 26.2 Å². The van der Waals surface area contributed by atoms with Gasteiger partial charge in [-0.2, -0.15) is 4.31 Å². The van der Waals surface area contributed by atoms with E-state index in [-0.39, 0.29) is 30.4 Å². The van der Waals surface area contributed by atoms with Crippen LogP contribution < -0.4 is 0 Å². The smallest absolute Gasteiger partial charge is 0.262 e. The highest BCUT2D eigenvalue weighted by atomic mass is 32.2. The maximum absolute atomic E-state index is 13.8. The van der Waals surface area contributed by atoms with Crippen LogP contribution >= 0.6 is 0 Å². The zero-order valence-corrected chi connectivity index (χ0v) is 16.2. The summed E-state index contributed by atoms with van der Waals surface area (Å²) >= 11 is 0. The Kier molecular flexibility index (Phi) is 5.61. The van der Waals surface area contributed by atoms with Gasteiger partial charge in [-0.05, 0) is 25.0 Å². The highest BCUT2D eigenvalue weighted by molar-refractivity contribution is 7.89. The van der Waals surface area contributed by atoms with Gasteiger partial charge in [0.25, 0.3) is 10.0 Å². The first-order chi connectivity index (χ1) is 12.8. The van der Waals surface area contributed by atoms with Crippen molar-refractivity contribution < 1.29 is 17.6 Å². The van der Waals surface area contributed by atoms with E-state index < -0.39 is 15.8 Å². The summed E-state index contributed by atoms with van der Waals surface area (Å²) in [5, 5.41) is 0.0219. The molecule has 2 aromatic rings. The van der Waals surface area contributed by atoms with Gasteiger partial charge >= 0.3 is 0 Å². The minimum atomic E-state index is -3.70. The molecule has 1 aliphatic rings. The third kappa shape index (κ3) is 4.19. The van der Waals surface area contributed by atoms with Crippen molar-refractivity contribution in [2.45, 2.75) is 24.8 Å². The number of hydrogen-bond donors (Lipinski definition) is 0. The van der Waals surface area contributed by atoms with Crippen molar-refractivity contribution in [3.63, 3.8) is 0 Å². The van der Waals surface area contributed by atoms with Crippen LogP contribution in [0.15, 0.2) is 35.5 Å². The van der Waals surface area contributed by atoms with E-state index in [2.05, 4.69) is 4.98 Å². The van der Waals surface area contributed by atoms with Gasteiger partial charge in [-0.15, -0.1) is 0 Å². The molecule has 1 fully saturated rings. The average Bonchev–Trinajstić information content (AvgIpc) is 2.84. The number of carbonyl (C=O) groups excluding carboxylic acids is 1. The second-order valence-corrected chi connectivity index (χ2v) is 8.53. The van der Waals surface area contributed by atoms with Gasteiger partial charge in [-0.25, -0.2) is 17.8 Å². The molecule has 146 valence electrons. The van der Waals surface area contributed by atoms with Crippen molar-refractivity contribution in [1.29, 1.82) is 0 Å². The molecule has 0 bridgehead atoms. The number of halogens is 1. The van der Waals surface area contributed by atoms with Gasteiger partial charge in [0, 0.05) is 39.4 Å². The lowest BCUT2D eigenvalue weighted by molar-refractivity contribution is -0.130. The summed E-state index contributed by atoms with van der Waals surface area (Å²) in [5.74, 6) is 0.00788. The van der Waals surface area contributed by atoms with Crippen molar-refractivity contribution in [3.05, 3.63) is 47.7 Å². The van der Waals surface area contributed by atoms with E-state index in [1.54, 1.807) is 41.6 Å². The van der Waals surface area contributed by atoms with Crippen LogP contribution in [0.25, 0.3) is 0 Å².